The molecule has 14 N–H and O–H groups in total. The van der Waals surface area contributed by atoms with Gasteiger partial charge in [0.25, 0.3) is 5.79 Å². The van der Waals surface area contributed by atoms with Gasteiger partial charge in [0.05, 0.1) is 50.7 Å². The van der Waals surface area contributed by atoms with E-state index >= 15 is 0 Å². The van der Waals surface area contributed by atoms with Crippen LogP contribution in [0.5, 0.6) is 0 Å². The molecule has 23 heteroatoms. The van der Waals surface area contributed by atoms with Gasteiger partial charge in [-0.25, -0.2) is 4.79 Å². The van der Waals surface area contributed by atoms with Gasteiger partial charge in [-0.3, -0.25) is 9.59 Å². The number of rotatable bonds is 53. The summed E-state index contributed by atoms with van der Waals surface area (Å²) in [5.74, 6) is -6.16. The monoisotopic (exact) mass is 1300 g/mol. The van der Waals surface area contributed by atoms with Crippen LogP contribution in [0.15, 0.2) is 24.3 Å². The average Bonchev–Trinajstić information content (AvgIpc) is 0.790. The Morgan fingerprint density at radius 1 is 0.571 bits per heavy atom. The Hall–Kier alpha value is -2.79. The number of aliphatic hydroxyl groups excluding tert-OH is 11. The minimum absolute atomic E-state index is 0.180. The van der Waals surface area contributed by atoms with E-state index in [-0.39, 0.29) is 12.3 Å². The van der Waals surface area contributed by atoms with E-state index in [0.29, 0.717) is 12.8 Å². The number of hydrogen-bond acceptors (Lipinski definition) is 20. The van der Waals surface area contributed by atoms with Gasteiger partial charge in [0.2, 0.25) is 11.8 Å². The number of carbonyl (C=O) groups excluding carboxylic acids is 2. The molecule has 0 saturated carbocycles. The van der Waals surface area contributed by atoms with Crippen molar-refractivity contribution in [2.75, 3.05) is 26.4 Å². The van der Waals surface area contributed by atoms with Crippen molar-refractivity contribution < 1.29 is 104 Å². The summed E-state index contributed by atoms with van der Waals surface area (Å²) in [7, 11) is 0. The molecular weight excluding hydrogens is 1180 g/mol. The van der Waals surface area contributed by atoms with Crippen molar-refractivity contribution in [2.45, 2.75) is 362 Å². The minimum atomic E-state index is -3.08. The third kappa shape index (κ3) is 31.3. The number of nitrogens with one attached hydrogen (secondary N) is 2. The first-order valence-corrected chi connectivity index (χ1v) is 35.2. The van der Waals surface area contributed by atoms with Crippen LogP contribution in [0.2, 0.25) is 0 Å². The van der Waals surface area contributed by atoms with Gasteiger partial charge in [-0.15, -0.1) is 0 Å². The maximum Gasteiger partial charge on any atom is 0.364 e. The van der Waals surface area contributed by atoms with Crippen molar-refractivity contribution in [1.82, 2.24) is 10.6 Å². The fraction of sp³-hybridized carbons (Fsp3) is 0.897. The van der Waals surface area contributed by atoms with Crippen LogP contribution in [-0.2, 0) is 42.8 Å². The summed E-state index contributed by atoms with van der Waals surface area (Å²) in [6, 6.07) is -2.63. The van der Waals surface area contributed by atoms with Gasteiger partial charge in [-0.2, -0.15) is 0 Å². The normalized spacial score (nSPS) is 28.5. The van der Waals surface area contributed by atoms with Gasteiger partial charge in [0.15, 0.2) is 12.6 Å². The van der Waals surface area contributed by atoms with Gasteiger partial charge in [-0.05, 0) is 44.9 Å². The molecule has 2 amide bonds. The third-order valence-electron chi connectivity index (χ3n) is 17.9. The molecule has 3 rings (SSSR count). The maximum absolute atomic E-state index is 13.4. The fourth-order valence-electron chi connectivity index (χ4n) is 12.2. The highest BCUT2D eigenvalue weighted by atomic mass is 16.8. The topological polar surface area (TPSA) is 373 Å². The average molecular weight is 1310 g/mol. The molecule has 0 aromatic heterocycles. The van der Waals surface area contributed by atoms with Crippen molar-refractivity contribution in [2.24, 2.45) is 0 Å². The molecule has 23 nitrogen and oxygen atoms in total. The second kappa shape index (κ2) is 48.8. The number of unbranched alkanes of at least 4 members (excludes halogenated alkanes) is 31. The third-order valence-corrected chi connectivity index (χ3v) is 17.9. The molecule has 18 atom stereocenters. The largest absolute Gasteiger partial charge is 0.477 e. The summed E-state index contributed by atoms with van der Waals surface area (Å²) < 4.78 is 34.8. The smallest absolute Gasteiger partial charge is 0.364 e. The maximum atomic E-state index is 13.4. The Bertz CT molecular complexity index is 1940. The Balaban J connectivity index is 1.58. The van der Waals surface area contributed by atoms with Crippen LogP contribution in [0.1, 0.15) is 252 Å². The zero-order chi connectivity index (χ0) is 66.8. The standard InChI is InChI=1S/C68H124N2O21/c1-4-6-8-10-12-14-16-18-19-20-21-22-23-24-25-26-27-28-30-31-33-35-37-39-41-50(75)49(70-55(78)42-40-38-36-34-32-29-17-15-13-11-9-7-5-2)47-86-65-60(82)59(81)62(54(46-73)88-65)89-66-61(83)64(58(80)53(45-72)87-66)91-68(67(84)85)43-51(76)56(69-48(3)74)63(90-68)57(79)52(77)44-71/h29,32,39,41,49-54,56-66,71-73,75-77,79-83H,4-28,30-31,33-38,40,42-47H2,1-3H3,(H,69,74)(H,70,78)(H,84,85)/b32-29-,41-39+. The van der Waals surface area contributed by atoms with Crippen molar-refractivity contribution in [3.8, 4) is 0 Å². The number of aliphatic carboxylic acids is 1. The first-order valence-electron chi connectivity index (χ1n) is 35.2. The summed E-state index contributed by atoms with van der Waals surface area (Å²) in [6.45, 7) is 2.12. The Morgan fingerprint density at radius 3 is 1.49 bits per heavy atom. The van der Waals surface area contributed by atoms with Crippen LogP contribution < -0.4 is 10.6 Å². The molecule has 91 heavy (non-hydrogen) atoms. The summed E-state index contributed by atoms with van der Waals surface area (Å²) in [6.07, 6.45) is 19.5. The van der Waals surface area contributed by atoms with Crippen LogP contribution in [0, 0.1) is 0 Å². The van der Waals surface area contributed by atoms with Crippen molar-refractivity contribution >= 4 is 17.8 Å². The van der Waals surface area contributed by atoms with Crippen molar-refractivity contribution in [3.63, 3.8) is 0 Å². The Labute approximate surface area is 543 Å². The molecule has 0 radical (unpaired) electrons. The number of carboxylic acids is 1. The number of hydrogen-bond donors (Lipinski definition) is 14. The van der Waals surface area contributed by atoms with Crippen LogP contribution >= 0.6 is 0 Å². The van der Waals surface area contributed by atoms with Gasteiger partial charge in [-0.1, -0.05) is 212 Å². The number of allylic oxidation sites excluding steroid dienone is 3. The van der Waals surface area contributed by atoms with E-state index in [1.54, 1.807) is 6.08 Å². The first kappa shape index (κ1) is 82.4. The number of carboxylic acid groups (broad SMARTS) is 1. The molecule has 3 fully saturated rings. The minimum Gasteiger partial charge on any atom is -0.477 e. The number of carbonyl (C=O) groups is 3. The van der Waals surface area contributed by atoms with Crippen molar-refractivity contribution in [3.05, 3.63) is 24.3 Å². The molecule has 3 aliphatic heterocycles. The van der Waals surface area contributed by atoms with E-state index in [9.17, 15) is 75.7 Å². The summed E-state index contributed by atoms with van der Waals surface area (Å²) in [4.78, 5) is 38.5. The Morgan fingerprint density at radius 2 is 1.03 bits per heavy atom. The van der Waals surface area contributed by atoms with Crippen molar-refractivity contribution in [1.29, 1.82) is 0 Å². The SMILES string of the molecule is CCCCCCCC/C=C\CCCCCC(=O)NC(COC1OC(CO)C(OC2OC(CO)C(O)C(OC3(C(=O)O)CC(O)C(NC(C)=O)C(C(O)C(O)CO)O3)C2O)C(O)C1O)C(O)/C=C/CCCCCCCCCCCCCCCCCCCCCCCC. The molecule has 18 unspecified atom stereocenters. The highest BCUT2D eigenvalue weighted by Crippen LogP contribution is 2.39. The van der Waals surface area contributed by atoms with E-state index in [2.05, 4.69) is 36.6 Å². The van der Waals surface area contributed by atoms with Crippen LogP contribution in [-0.4, -0.2) is 215 Å². The summed E-state index contributed by atoms with van der Waals surface area (Å²) >= 11 is 0. The zero-order valence-corrected chi connectivity index (χ0v) is 55.4. The van der Waals surface area contributed by atoms with Crippen LogP contribution in [0.25, 0.3) is 0 Å². The lowest BCUT2D eigenvalue weighted by molar-refractivity contribution is -0.386. The van der Waals surface area contributed by atoms with E-state index in [4.69, 9.17) is 28.4 Å². The molecule has 0 aromatic carbocycles. The second-order valence-corrected chi connectivity index (χ2v) is 25.7. The fourth-order valence-corrected chi connectivity index (χ4v) is 12.2. The van der Waals surface area contributed by atoms with Crippen LogP contribution in [0.3, 0.4) is 0 Å². The highest BCUT2D eigenvalue weighted by Gasteiger charge is 2.60. The molecule has 532 valence electrons. The predicted molar refractivity (Wildman–Crippen MR) is 343 cm³/mol. The van der Waals surface area contributed by atoms with E-state index in [0.717, 1.165) is 51.9 Å². The Kier molecular flexibility index (Phi) is 44.2. The quantitative estimate of drug-likeness (QED) is 0.0230. The lowest BCUT2D eigenvalue weighted by atomic mass is 9.88. The van der Waals surface area contributed by atoms with Crippen LogP contribution in [0.4, 0.5) is 0 Å². The molecule has 3 heterocycles. The first-order chi connectivity index (χ1) is 43.9. The molecule has 0 aromatic rings. The number of aliphatic hydroxyl groups is 11. The van der Waals surface area contributed by atoms with E-state index in [1.807, 2.05) is 6.08 Å². The molecule has 3 saturated heterocycles. The van der Waals surface area contributed by atoms with E-state index < -0.39 is 155 Å². The molecule has 0 bridgehead atoms. The van der Waals surface area contributed by atoms with E-state index in [1.165, 1.54) is 161 Å². The van der Waals surface area contributed by atoms with Gasteiger partial charge in [0.1, 0.15) is 67.1 Å². The summed E-state index contributed by atoms with van der Waals surface area (Å²) in [5.41, 5.74) is 0. The lowest BCUT2D eigenvalue weighted by Crippen LogP contribution is -2.70. The molecular formula is C68H124N2O21. The zero-order valence-electron chi connectivity index (χ0n) is 55.4. The number of amides is 2. The number of ether oxygens (including phenoxy) is 6. The van der Waals surface area contributed by atoms with Gasteiger partial charge < -0.3 is 100 Å². The van der Waals surface area contributed by atoms with Gasteiger partial charge in [0, 0.05) is 19.8 Å². The molecule has 3 aliphatic rings. The summed E-state index contributed by atoms with van der Waals surface area (Å²) in [5, 5.41) is 136. The van der Waals surface area contributed by atoms with Gasteiger partial charge >= 0.3 is 5.97 Å². The lowest BCUT2D eigenvalue weighted by Gasteiger charge is -2.50. The predicted octanol–water partition coefficient (Wildman–Crippen LogP) is 6.45. The molecule has 0 spiro atoms. The highest BCUT2D eigenvalue weighted by molar-refractivity contribution is 5.77. The molecule has 0 aliphatic carbocycles. The second-order valence-electron chi connectivity index (χ2n) is 25.7.